The van der Waals surface area contributed by atoms with Crippen molar-refractivity contribution in [2.45, 2.75) is 18.9 Å². The first-order valence-electron chi connectivity index (χ1n) is 6.73. The molecule has 2 aromatic rings. The Hall–Kier alpha value is -1.87. The van der Waals surface area contributed by atoms with Gasteiger partial charge in [-0.05, 0) is 49.2 Å². The molecule has 3 rings (SSSR count). The standard InChI is InChI=1S/C16H15ClN2O/c17-13-8-6-12(7-9-13)16(20)19-11-3-5-15(19)14-4-1-2-10-18-14/h1-2,4,6-10,15H,3,5,11H2/t15-/m1/s1. The SMILES string of the molecule is O=C(c1ccc(Cl)cc1)N1CCC[C@@H]1c1ccccn1. The van der Waals surface area contributed by atoms with Crippen LogP contribution in [0.1, 0.15) is 34.9 Å². The van der Waals surface area contributed by atoms with E-state index in [0.29, 0.717) is 10.6 Å². The van der Waals surface area contributed by atoms with Gasteiger partial charge in [0.15, 0.2) is 0 Å². The molecule has 1 aromatic heterocycles. The zero-order valence-corrected chi connectivity index (χ0v) is 11.8. The van der Waals surface area contributed by atoms with Crippen molar-refractivity contribution in [1.29, 1.82) is 0 Å². The Labute approximate surface area is 123 Å². The van der Waals surface area contributed by atoms with Gasteiger partial charge in [-0.1, -0.05) is 17.7 Å². The van der Waals surface area contributed by atoms with Crippen molar-refractivity contribution < 1.29 is 4.79 Å². The number of aromatic nitrogens is 1. The lowest BCUT2D eigenvalue weighted by Crippen LogP contribution is -2.30. The van der Waals surface area contributed by atoms with Crippen molar-refractivity contribution >= 4 is 17.5 Å². The molecule has 2 heterocycles. The highest BCUT2D eigenvalue weighted by atomic mass is 35.5. The minimum Gasteiger partial charge on any atom is -0.330 e. The average molecular weight is 287 g/mol. The van der Waals surface area contributed by atoms with Crippen molar-refractivity contribution in [3.05, 3.63) is 64.9 Å². The topological polar surface area (TPSA) is 33.2 Å². The number of halogens is 1. The Kier molecular flexibility index (Phi) is 3.70. The van der Waals surface area contributed by atoms with Gasteiger partial charge in [-0.3, -0.25) is 9.78 Å². The van der Waals surface area contributed by atoms with Crippen LogP contribution in [0, 0.1) is 0 Å². The summed E-state index contributed by atoms with van der Waals surface area (Å²) in [5.74, 6) is 0.0508. The number of benzene rings is 1. The minimum absolute atomic E-state index is 0.0508. The van der Waals surface area contributed by atoms with E-state index >= 15 is 0 Å². The number of carbonyl (C=O) groups is 1. The lowest BCUT2D eigenvalue weighted by atomic mass is 10.1. The van der Waals surface area contributed by atoms with E-state index in [9.17, 15) is 4.79 Å². The third-order valence-electron chi connectivity index (χ3n) is 3.63. The van der Waals surface area contributed by atoms with E-state index in [4.69, 9.17) is 11.6 Å². The van der Waals surface area contributed by atoms with Gasteiger partial charge in [0.2, 0.25) is 0 Å². The monoisotopic (exact) mass is 286 g/mol. The van der Waals surface area contributed by atoms with Crippen LogP contribution in [0.25, 0.3) is 0 Å². The second-order valence-electron chi connectivity index (χ2n) is 4.92. The van der Waals surface area contributed by atoms with Gasteiger partial charge >= 0.3 is 0 Å². The summed E-state index contributed by atoms with van der Waals surface area (Å²) in [7, 11) is 0. The van der Waals surface area contributed by atoms with Gasteiger partial charge in [-0.25, -0.2) is 0 Å². The summed E-state index contributed by atoms with van der Waals surface area (Å²) < 4.78 is 0. The third kappa shape index (κ3) is 2.54. The highest BCUT2D eigenvalue weighted by molar-refractivity contribution is 6.30. The molecular weight excluding hydrogens is 272 g/mol. The first kappa shape index (κ1) is 13.1. The molecule has 1 aliphatic heterocycles. The first-order chi connectivity index (χ1) is 9.75. The summed E-state index contributed by atoms with van der Waals surface area (Å²) >= 11 is 5.87. The minimum atomic E-state index is 0.0508. The lowest BCUT2D eigenvalue weighted by Gasteiger charge is -2.24. The van der Waals surface area contributed by atoms with Gasteiger partial charge in [0.1, 0.15) is 0 Å². The van der Waals surface area contributed by atoms with Crippen LogP contribution in [-0.2, 0) is 0 Å². The number of pyridine rings is 1. The van der Waals surface area contributed by atoms with E-state index in [1.165, 1.54) is 0 Å². The van der Waals surface area contributed by atoms with E-state index < -0.39 is 0 Å². The fraction of sp³-hybridized carbons (Fsp3) is 0.250. The average Bonchev–Trinajstić information content (AvgIpc) is 2.97. The summed E-state index contributed by atoms with van der Waals surface area (Å²) in [6, 6.07) is 13.0. The Morgan fingerprint density at radius 3 is 2.70 bits per heavy atom. The van der Waals surface area contributed by atoms with Gasteiger partial charge in [0.25, 0.3) is 5.91 Å². The van der Waals surface area contributed by atoms with Gasteiger partial charge in [-0.15, -0.1) is 0 Å². The van der Waals surface area contributed by atoms with Crippen LogP contribution < -0.4 is 0 Å². The molecule has 20 heavy (non-hydrogen) atoms. The quantitative estimate of drug-likeness (QED) is 0.843. The van der Waals surface area contributed by atoms with Gasteiger partial charge < -0.3 is 4.90 Å². The molecule has 0 unspecified atom stereocenters. The van der Waals surface area contributed by atoms with Crippen molar-refractivity contribution in [1.82, 2.24) is 9.88 Å². The maximum absolute atomic E-state index is 12.6. The number of hydrogen-bond acceptors (Lipinski definition) is 2. The van der Waals surface area contributed by atoms with Crippen LogP contribution in [0.15, 0.2) is 48.7 Å². The number of likely N-dealkylation sites (tertiary alicyclic amines) is 1. The maximum Gasteiger partial charge on any atom is 0.254 e. The van der Waals surface area contributed by atoms with Crippen LogP contribution in [0.3, 0.4) is 0 Å². The number of rotatable bonds is 2. The highest BCUT2D eigenvalue weighted by Gasteiger charge is 2.31. The van der Waals surface area contributed by atoms with Gasteiger partial charge in [0.05, 0.1) is 11.7 Å². The molecule has 0 aliphatic carbocycles. The molecule has 1 aromatic carbocycles. The molecule has 0 saturated carbocycles. The van der Waals surface area contributed by atoms with Crippen LogP contribution >= 0.6 is 11.6 Å². The molecule has 0 N–H and O–H groups in total. The summed E-state index contributed by atoms with van der Waals surface area (Å²) in [5.41, 5.74) is 1.64. The van der Waals surface area contributed by atoms with Crippen molar-refractivity contribution in [2.75, 3.05) is 6.54 Å². The fourth-order valence-electron chi connectivity index (χ4n) is 2.65. The predicted molar refractivity (Wildman–Crippen MR) is 78.7 cm³/mol. The van der Waals surface area contributed by atoms with E-state index in [0.717, 1.165) is 25.1 Å². The molecule has 1 amide bonds. The van der Waals surface area contributed by atoms with Crippen molar-refractivity contribution in [3.63, 3.8) is 0 Å². The molecule has 1 saturated heterocycles. The van der Waals surface area contributed by atoms with Crippen LogP contribution in [0.5, 0.6) is 0 Å². The second-order valence-corrected chi connectivity index (χ2v) is 5.35. The molecule has 3 nitrogen and oxygen atoms in total. The Bertz CT molecular complexity index is 598. The molecule has 0 spiro atoms. The highest BCUT2D eigenvalue weighted by Crippen LogP contribution is 2.31. The fourth-order valence-corrected chi connectivity index (χ4v) is 2.77. The summed E-state index contributed by atoms with van der Waals surface area (Å²) in [5, 5.41) is 0.643. The Morgan fingerprint density at radius 1 is 1.20 bits per heavy atom. The second kappa shape index (κ2) is 5.63. The zero-order chi connectivity index (χ0) is 13.9. The molecule has 4 heteroatoms. The van der Waals surface area contributed by atoms with E-state index in [1.807, 2.05) is 23.1 Å². The summed E-state index contributed by atoms with van der Waals surface area (Å²) in [6.45, 7) is 0.780. The smallest absolute Gasteiger partial charge is 0.254 e. The Morgan fingerprint density at radius 2 is 2.00 bits per heavy atom. The number of hydrogen-bond donors (Lipinski definition) is 0. The lowest BCUT2D eigenvalue weighted by molar-refractivity contribution is 0.0733. The molecule has 0 radical (unpaired) electrons. The van der Waals surface area contributed by atoms with Gasteiger partial charge in [0, 0.05) is 23.3 Å². The number of carbonyl (C=O) groups excluding carboxylic acids is 1. The summed E-state index contributed by atoms with van der Waals surface area (Å²) in [6.07, 6.45) is 3.76. The number of nitrogens with zero attached hydrogens (tertiary/aromatic N) is 2. The van der Waals surface area contributed by atoms with E-state index in [1.54, 1.807) is 30.5 Å². The van der Waals surface area contributed by atoms with Crippen molar-refractivity contribution in [2.24, 2.45) is 0 Å². The summed E-state index contributed by atoms with van der Waals surface area (Å²) in [4.78, 5) is 18.9. The van der Waals surface area contributed by atoms with Crippen molar-refractivity contribution in [3.8, 4) is 0 Å². The molecule has 0 bridgehead atoms. The molecule has 1 aliphatic rings. The Balaban J connectivity index is 1.85. The van der Waals surface area contributed by atoms with Crippen LogP contribution in [0.4, 0.5) is 0 Å². The maximum atomic E-state index is 12.6. The largest absolute Gasteiger partial charge is 0.330 e. The predicted octanol–water partition coefficient (Wildman–Crippen LogP) is 3.71. The van der Waals surface area contributed by atoms with Gasteiger partial charge in [-0.2, -0.15) is 0 Å². The van der Waals surface area contributed by atoms with Crippen LogP contribution in [-0.4, -0.2) is 22.3 Å². The van der Waals surface area contributed by atoms with Crippen LogP contribution in [0.2, 0.25) is 5.02 Å². The first-order valence-corrected chi connectivity index (χ1v) is 7.11. The van der Waals surface area contributed by atoms with E-state index in [-0.39, 0.29) is 11.9 Å². The number of amides is 1. The zero-order valence-electron chi connectivity index (χ0n) is 11.0. The molecule has 1 atom stereocenters. The normalized spacial score (nSPS) is 18.2. The third-order valence-corrected chi connectivity index (χ3v) is 3.89. The molecular formula is C16H15ClN2O. The molecule has 102 valence electrons. The van der Waals surface area contributed by atoms with E-state index in [2.05, 4.69) is 4.98 Å². The molecule has 1 fully saturated rings.